The summed E-state index contributed by atoms with van der Waals surface area (Å²) in [7, 11) is 0. The Morgan fingerprint density at radius 1 is 1.25 bits per heavy atom. The number of nitrogens with one attached hydrogen (secondary N) is 2. The van der Waals surface area contributed by atoms with E-state index in [9.17, 15) is 0 Å². The first kappa shape index (κ1) is 11.0. The molecule has 0 saturated carbocycles. The predicted octanol–water partition coefficient (Wildman–Crippen LogP) is 0.812. The lowest BCUT2D eigenvalue weighted by atomic mass is 9.87. The zero-order chi connectivity index (χ0) is 11.0. The highest BCUT2D eigenvalue weighted by Crippen LogP contribution is 2.28. The summed E-state index contributed by atoms with van der Waals surface area (Å²) in [5.74, 6) is 0. The molecule has 2 N–H and O–H groups in total. The molecular formula is C13H25N3. The van der Waals surface area contributed by atoms with E-state index in [0.717, 1.165) is 12.1 Å². The third-order valence-corrected chi connectivity index (χ3v) is 4.60. The number of nitrogens with zero attached hydrogens (tertiary/aromatic N) is 1. The van der Waals surface area contributed by atoms with Crippen molar-refractivity contribution in [2.24, 2.45) is 5.41 Å². The van der Waals surface area contributed by atoms with Crippen molar-refractivity contribution in [3.8, 4) is 0 Å². The molecule has 3 aliphatic heterocycles. The van der Waals surface area contributed by atoms with E-state index in [-0.39, 0.29) is 0 Å². The SMILES string of the molecule is CC1(CN2CC3CCCC(C2)N3)CCNC1. The second-order valence-corrected chi connectivity index (χ2v) is 6.42. The Morgan fingerprint density at radius 2 is 2.00 bits per heavy atom. The molecule has 0 amide bonds. The minimum absolute atomic E-state index is 0.533. The maximum atomic E-state index is 3.76. The first-order chi connectivity index (χ1) is 7.73. The minimum Gasteiger partial charge on any atom is -0.316 e. The van der Waals surface area contributed by atoms with Gasteiger partial charge < -0.3 is 10.6 Å². The molecule has 0 radical (unpaired) electrons. The Kier molecular flexibility index (Phi) is 2.94. The van der Waals surface area contributed by atoms with Gasteiger partial charge in [-0.25, -0.2) is 0 Å². The predicted molar refractivity (Wildman–Crippen MR) is 66.6 cm³/mol. The van der Waals surface area contributed by atoms with Gasteiger partial charge in [-0.2, -0.15) is 0 Å². The summed E-state index contributed by atoms with van der Waals surface area (Å²) in [5.41, 5.74) is 0.533. The molecule has 0 spiro atoms. The number of piperidine rings is 1. The summed E-state index contributed by atoms with van der Waals surface area (Å²) < 4.78 is 0. The van der Waals surface area contributed by atoms with Crippen molar-refractivity contribution >= 4 is 0 Å². The topological polar surface area (TPSA) is 27.3 Å². The number of likely N-dealkylation sites (tertiary alicyclic amines) is 1. The largest absolute Gasteiger partial charge is 0.316 e. The van der Waals surface area contributed by atoms with E-state index >= 15 is 0 Å². The van der Waals surface area contributed by atoms with Crippen LogP contribution in [-0.2, 0) is 0 Å². The monoisotopic (exact) mass is 223 g/mol. The molecule has 3 fully saturated rings. The fourth-order valence-corrected chi connectivity index (χ4v) is 3.77. The van der Waals surface area contributed by atoms with Crippen LogP contribution in [-0.4, -0.2) is 49.7 Å². The molecule has 0 aromatic carbocycles. The van der Waals surface area contributed by atoms with E-state index in [1.165, 1.54) is 58.4 Å². The van der Waals surface area contributed by atoms with E-state index in [2.05, 4.69) is 22.5 Å². The van der Waals surface area contributed by atoms with Gasteiger partial charge in [0.05, 0.1) is 0 Å². The number of rotatable bonds is 2. The normalized spacial score (nSPS) is 44.8. The first-order valence-electron chi connectivity index (χ1n) is 6.93. The molecule has 3 heteroatoms. The van der Waals surface area contributed by atoms with Crippen LogP contribution in [0.5, 0.6) is 0 Å². The molecule has 92 valence electrons. The molecule has 0 aliphatic carbocycles. The standard InChI is InChI=1S/C13H25N3/c1-13(5-6-14-9-13)10-16-7-11-3-2-4-12(8-16)15-11/h11-12,14-15H,2-10H2,1H3. The van der Waals surface area contributed by atoms with Crippen LogP contribution < -0.4 is 10.6 Å². The van der Waals surface area contributed by atoms with Crippen LogP contribution in [0.15, 0.2) is 0 Å². The van der Waals surface area contributed by atoms with Crippen LogP contribution in [0.1, 0.15) is 32.6 Å². The maximum absolute atomic E-state index is 3.76. The first-order valence-corrected chi connectivity index (χ1v) is 6.93. The Bertz CT molecular complexity index is 236. The number of fused-ring (bicyclic) bond motifs is 2. The van der Waals surface area contributed by atoms with Crippen molar-refractivity contribution in [2.75, 3.05) is 32.7 Å². The number of hydrogen-bond acceptors (Lipinski definition) is 3. The molecule has 3 nitrogen and oxygen atoms in total. The van der Waals surface area contributed by atoms with Gasteiger partial charge in [-0.05, 0) is 31.2 Å². The van der Waals surface area contributed by atoms with E-state index in [1.54, 1.807) is 0 Å². The van der Waals surface area contributed by atoms with E-state index in [4.69, 9.17) is 0 Å². The van der Waals surface area contributed by atoms with Crippen LogP contribution in [0.3, 0.4) is 0 Å². The van der Waals surface area contributed by atoms with Gasteiger partial charge in [0.15, 0.2) is 0 Å². The molecular weight excluding hydrogens is 198 g/mol. The van der Waals surface area contributed by atoms with Gasteiger partial charge in [0.2, 0.25) is 0 Å². The third-order valence-electron chi connectivity index (χ3n) is 4.60. The second-order valence-electron chi connectivity index (χ2n) is 6.42. The van der Waals surface area contributed by atoms with E-state index in [1.807, 2.05) is 0 Å². The van der Waals surface area contributed by atoms with Crippen molar-refractivity contribution in [3.63, 3.8) is 0 Å². The summed E-state index contributed by atoms with van der Waals surface area (Å²) in [4.78, 5) is 2.72. The Morgan fingerprint density at radius 3 is 2.62 bits per heavy atom. The lowest BCUT2D eigenvalue weighted by molar-refractivity contribution is 0.0887. The highest BCUT2D eigenvalue weighted by atomic mass is 15.2. The quantitative estimate of drug-likeness (QED) is 0.725. The smallest absolute Gasteiger partial charge is 0.0198 e. The summed E-state index contributed by atoms with van der Waals surface area (Å²) in [6.07, 6.45) is 5.57. The number of hydrogen-bond donors (Lipinski definition) is 2. The molecule has 16 heavy (non-hydrogen) atoms. The Hall–Kier alpha value is -0.120. The molecule has 3 atom stereocenters. The summed E-state index contributed by atoms with van der Waals surface area (Å²) in [6, 6.07) is 1.57. The van der Waals surface area contributed by atoms with Crippen molar-refractivity contribution in [2.45, 2.75) is 44.7 Å². The van der Waals surface area contributed by atoms with Gasteiger partial charge in [-0.15, -0.1) is 0 Å². The van der Waals surface area contributed by atoms with Gasteiger partial charge in [-0.3, -0.25) is 4.90 Å². The Labute approximate surface area is 99.0 Å². The lowest BCUT2D eigenvalue weighted by Gasteiger charge is -2.44. The fourth-order valence-electron chi connectivity index (χ4n) is 3.77. The second kappa shape index (κ2) is 4.28. The van der Waals surface area contributed by atoms with Crippen molar-refractivity contribution in [1.29, 1.82) is 0 Å². The van der Waals surface area contributed by atoms with Crippen LogP contribution in [0, 0.1) is 5.41 Å². The van der Waals surface area contributed by atoms with Crippen molar-refractivity contribution in [3.05, 3.63) is 0 Å². The van der Waals surface area contributed by atoms with Crippen LogP contribution >= 0.6 is 0 Å². The molecule has 0 aromatic rings. The fraction of sp³-hybridized carbons (Fsp3) is 1.00. The van der Waals surface area contributed by atoms with Crippen LogP contribution in [0.2, 0.25) is 0 Å². The average molecular weight is 223 g/mol. The summed E-state index contributed by atoms with van der Waals surface area (Å²) in [5, 5.41) is 7.27. The van der Waals surface area contributed by atoms with Crippen LogP contribution in [0.25, 0.3) is 0 Å². The average Bonchev–Trinajstić information content (AvgIpc) is 2.64. The Balaban J connectivity index is 1.59. The maximum Gasteiger partial charge on any atom is 0.0198 e. The van der Waals surface area contributed by atoms with E-state index < -0.39 is 0 Å². The summed E-state index contributed by atoms with van der Waals surface area (Å²) >= 11 is 0. The molecule has 0 aromatic heterocycles. The van der Waals surface area contributed by atoms with Gasteiger partial charge in [0.1, 0.15) is 0 Å². The van der Waals surface area contributed by atoms with Crippen molar-refractivity contribution < 1.29 is 0 Å². The minimum atomic E-state index is 0.533. The molecule has 2 bridgehead atoms. The molecule has 3 aliphatic rings. The van der Waals surface area contributed by atoms with Gasteiger partial charge in [0.25, 0.3) is 0 Å². The van der Waals surface area contributed by atoms with Crippen molar-refractivity contribution in [1.82, 2.24) is 15.5 Å². The highest BCUT2D eigenvalue weighted by molar-refractivity contribution is 4.94. The molecule has 3 rings (SSSR count). The van der Waals surface area contributed by atoms with Gasteiger partial charge in [-0.1, -0.05) is 13.3 Å². The third kappa shape index (κ3) is 2.27. The highest BCUT2D eigenvalue weighted by Gasteiger charge is 2.35. The van der Waals surface area contributed by atoms with Gasteiger partial charge >= 0.3 is 0 Å². The van der Waals surface area contributed by atoms with E-state index in [0.29, 0.717) is 5.41 Å². The number of piperazine rings is 1. The van der Waals surface area contributed by atoms with Crippen LogP contribution in [0.4, 0.5) is 0 Å². The molecule has 3 saturated heterocycles. The zero-order valence-corrected chi connectivity index (χ0v) is 10.5. The summed E-state index contributed by atoms with van der Waals surface area (Å²) in [6.45, 7) is 8.75. The molecule has 3 unspecified atom stereocenters. The zero-order valence-electron chi connectivity index (χ0n) is 10.5. The lowest BCUT2D eigenvalue weighted by Crippen LogP contribution is -2.60. The van der Waals surface area contributed by atoms with Gasteiger partial charge in [0, 0.05) is 38.3 Å². The molecule has 3 heterocycles.